The van der Waals surface area contributed by atoms with Crippen molar-refractivity contribution in [2.75, 3.05) is 6.54 Å². The number of nitrogens with one attached hydrogen (secondary N) is 1. The van der Waals surface area contributed by atoms with Crippen molar-refractivity contribution in [3.63, 3.8) is 0 Å². The Balaban J connectivity index is 0. The molecule has 4 nitrogen and oxygen atoms in total. The van der Waals surface area contributed by atoms with Gasteiger partial charge in [0.15, 0.2) is 0 Å². The largest absolute Gasteiger partial charge is 0.352 e. The van der Waals surface area contributed by atoms with Crippen LogP contribution in [0.1, 0.15) is 26.2 Å². The molecule has 0 heterocycles. The number of hydrogen-bond donors (Lipinski definition) is 3. The van der Waals surface area contributed by atoms with Gasteiger partial charge in [0.1, 0.15) is 0 Å². The van der Waals surface area contributed by atoms with Crippen LogP contribution in [-0.2, 0) is 0 Å². The van der Waals surface area contributed by atoms with Crippen molar-refractivity contribution in [3.05, 3.63) is 0 Å². The third kappa shape index (κ3) is 10.3. The average molecular weight is 147 g/mol. The minimum atomic E-state index is -0.425. The topological polar surface area (TPSA) is 90.1 Å². The van der Waals surface area contributed by atoms with E-state index in [9.17, 15) is 4.79 Å². The number of carbonyl (C=O) groups is 1. The lowest BCUT2D eigenvalue weighted by molar-refractivity contribution is 0.248. The first-order valence-corrected chi connectivity index (χ1v) is 3.30. The van der Waals surface area contributed by atoms with Gasteiger partial charge < -0.3 is 17.2 Å². The van der Waals surface area contributed by atoms with Gasteiger partial charge in [-0.15, -0.1) is 0 Å². The summed E-state index contributed by atoms with van der Waals surface area (Å²) in [5.74, 6) is 0. The van der Waals surface area contributed by atoms with Gasteiger partial charge in [-0.3, -0.25) is 0 Å². The van der Waals surface area contributed by atoms with Gasteiger partial charge in [0.2, 0.25) is 0 Å². The third-order valence-corrected chi connectivity index (χ3v) is 1.08. The SMILES string of the molecule is CCCCCNC(N)=O.N. The fourth-order valence-electron chi connectivity index (χ4n) is 0.587. The normalized spacial score (nSPS) is 8.10. The lowest BCUT2D eigenvalue weighted by Gasteiger charge is -1.97. The second-order valence-corrected chi connectivity index (χ2v) is 2.00. The summed E-state index contributed by atoms with van der Waals surface area (Å²) >= 11 is 0. The van der Waals surface area contributed by atoms with Gasteiger partial charge >= 0.3 is 6.03 Å². The predicted octanol–water partition coefficient (Wildman–Crippen LogP) is 1.01. The summed E-state index contributed by atoms with van der Waals surface area (Å²) in [6.45, 7) is 2.83. The van der Waals surface area contributed by atoms with E-state index >= 15 is 0 Å². The maximum absolute atomic E-state index is 10.1. The van der Waals surface area contributed by atoms with Crippen LogP contribution >= 0.6 is 0 Å². The van der Waals surface area contributed by atoms with Gasteiger partial charge in [-0.05, 0) is 6.42 Å². The Morgan fingerprint density at radius 1 is 1.50 bits per heavy atom. The number of rotatable bonds is 4. The van der Waals surface area contributed by atoms with Crippen LogP contribution in [0.3, 0.4) is 0 Å². The average Bonchev–Trinajstić information content (AvgIpc) is 1.80. The number of carbonyl (C=O) groups excluding carboxylic acids is 1. The molecule has 0 atom stereocenters. The van der Waals surface area contributed by atoms with Gasteiger partial charge in [-0.2, -0.15) is 0 Å². The minimum absolute atomic E-state index is 0. The van der Waals surface area contributed by atoms with E-state index in [-0.39, 0.29) is 6.15 Å². The van der Waals surface area contributed by atoms with E-state index in [2.05, 4.69) is 12.2 Å². The van der Waals surface area contributed by atoms with Crippen LogP contribution in [0.4, 0.5) is 4.79 Å². The molecule has 4 heteroatoms. The molecule has 0 aliphatic rings. The number of unbranched alkanes of at least 4 members (excludes halogenated alkanes) is 2. The second kappa shape index (κ2) is 8.23. The van der Waals surface area contributed by atoms with Crippen molar-refractivity contribution < 1.29 is 4.79 Å². The van der Waals surface area contributed by atoms with E-state index in [1.165, 1.54) is 6.42 Å². The molecule has 6 N–H and O–H groups in total. The van der Waals surface area contributed by atoms with Crippen molar-refractivity contribution in [1.29, 1.82) is 0 Å². The number of nitrogens with two attached hydrogens (primary N) is 1. The van der Waals surface area contributed by atoms with Gasteiger partial charge in [-0.1, -0.05) is 19.8 Å². The quantitative estimate of drug-likeness (QED) is 0.518. The van der Waals surface area contributed by atoms with Gasteiger partial charge in [0.05, 0.1) is 0 Å². The van der Waals surface area contributed by atoms with E-state index in [1.807, 2.05) is 0 Å². The van der Waals surface area contributed by atoms with Crippen LogP contribution < -0.4 is 17.2 Å². The molecule has 10 heavy (non-hydrogen) atoms. The first-order valence-electron chi connectivity index (χ1n) is 3.30. The molecule has 0 radical (unpaired) electrons. The lowest BCUT2D eigenvalue weighted by atomic mass is 10.2. The van der Waals surface area contributed by atoms with Crippen molar-refractivity contribution in [2.45, 2.75) is 26.2 Å². The van der Waals surface area contributed by atoms with E-state index in [0.717, 1.165) is 12.8 Å². The van der Waals surface area contributed by atoms with Crippen LogP contribution in [0, 0.1) is 0 Å². The van der Waals surface area contributed by atoms with Crippen LogP contribution in [-0.4, -0.2) is 12.6 Å². The second-order valence-electron chi connectivity index (χ2n) is 2.00. The molecule has 0 aromatic carbocycles. The molecule has 0 spiro atoms. The van der Waals surface area contributed by atoms with Gasteiger partial charge in [0, 0.05) is 6.54 Å². The van der Waals surface area contributed by atoms with E-state index in [0.29, 0.717) is 6.54 Å². The summed E-state index contributed by atoms with van der Waals surface area (Å²) in [4.78, 5) is 10.1. The summed E-state index contributed by atoms with van der Waals surface area (Å²) < 4.78 is 0. The molecule has 0 rings (SSSR count). The molecular weight excluding hydrogens is 130 g/mol. The fraction of sp³-hybridized carbons (Fsp3) is 0.833. The van der Waals surface area contributed by atoms with Crippen molar-refractivity contribution in [3.8, 4) is 0 Å². The number of amides is 2. The molecule has 2 amide bonds. The smallest absolute Gasteiger partial charge is 0.312 e. The lowest BCUT2D eigenvalue weighted by Crippen LogP contribution is -2.29. The molecular formula is C6H17N3O. The Bertz CT molecular complexity index is 85.1. The van der Waals surface area contributed by atoms with E-state index < -0.39 is 6.03 Å². The van der Waals surface area contributed by atoms with E-state index in [4.69, 9.17) is 5.73 Å². The highest BCUT2D eigenvalue weighted by Gasteiger charge is 1.88. The molecule has 0 bridgehead atoms. The minimum Gasteiger partial charge on any atom is -0.352 e. The molecule has 0 unspecified atom stereocenters. The Kier molecular flexibility index (Phi) is 9.84. The highest BCUT2D eigenvalue weighted by atomic mass is 16.2. The van der Waals surface area contributed by atoms with Gasteiger partial charge in [-0.25, -0.2) is 4.79 Å². The number of primary amides is 1. The first kappa shape index (κ1) is 12.0. The zero-order valence-electron chi connectivity index (χ0n) is 6.52. The summed E-state index contributed by atoms with van der Waals surface area (Å²) in [7, 11) is 0. The van der Waals surface area contributed by atoms with Crippen LogP contribution in [0.5, 0.6) is 0 Å². The van der Waals surface area contributed by atoms with Crippen LogP contribution in [0.15, 0.2) is 0 Å². The highest BCUT2D eigenvalue weighted by molar-refractivity contribution is 5.71. The zero-order valence-corrected chi connectivity index (χ0v) is 6.52. The van der Waals surface area contributed by atoms with Crippen LogP contribution in [0.2, 0.25) is 0 Å². The molecule has 0 aromatic rings. The zero-order chi connectivity index (χ0) is 7.11. The Morgan fingerprint density at radius 2 is 2.10 bits per heavy atom. The molecule has 62 valence electrons. The summed E-state index contributed by atoms with van der Waals surface area (Å²) in [5, 5.41) is 2.52. The molecule has 0 saturated carbocycles. The molecule has 0 saturated heterocycles. The highest BCUT2D eigenvalue weighted by Crippen LogP contribution is 1.90. The van der Waals surface area contributed by atoms with Gasteiger partial charge in [0.25, 0.3) is 0 Å². The van der Waals surface area contributed by atoms with Crippen LogP contribution in [0.25, 0.3) is 0 Å². The molecule has 0 fully saturated rings. The predicted molar refractivity (Wildman–Crippen MR) is 42.1 cm³/mol. The first-order chi connectivity index (χ1) is 4.27. The Labute approximate surface area is 61.8 Å². The monoisotopic (exact) mass is 147 g/mol. The number of hydrogen-bond acceptors (Lipinski definition) is 2. The van der Waals surface area contributed by atoms with Crippen molar-refractivity contribution in [2.24, 2.45) is 5.73 Å². The fourth-order valence-corrected chi connectivity index (χ4v) is 0.587. The third-order valence-electron chi connectivity index (χ3n) is 1.08. The Hall–Kier alpha value is -0.770. The summed E-state index contributed by atoms with van der Waals surface area (Å²) in [6, 6.07) is -0.425. The van der Waals surface area contributed by atoms with Crippen molar-refractivity contribution >= 4 is 6.03 Å². The summed E-state index contributed by atoms with van der Waals surface area (Å²) in [6.07, 6.45) is 3.35. The summed E-state index contributed by atoms with van der Waals surface area (Å²) in [5.41, 5.74) is 4.82. The van der Waals surface area contributed by atoms with E-state index in [1.54, 1.807) is 0 Å². The Morgan fingerprint density at radius 3 is 2.50 bits per heavy atom. The maximum Gasteiger partial charge on any atom is 0.312 e. The maximum atomic E-state index is 10.1. The molecule has 0 aromatic heterocycles. The number of urea groups is 1. The van der Waals surface area contributed by atoms with Crippen molar-refractivity contribution in [1.82, 2.24) is 11.5 Å². The molecule has 0 aliphatic carbocycles. The molecule has 0 aliphatic heterocycles. The standard InChI is InChI=1S/C6H14N2O.H3N/c1-2-3-4-5-8-6(7)9;/h2-5H2,1H3,(H3,7,8,9);1H3.